The average Bonchev–Trinajstić information content (AvgIpc) is 3.23. The van der Waals surface area contributed by atoms with E-state index < -0.39 is 60.4 Å². The van der Waals surface area contributed by atoms with Gasteiger partial charge in [-0.3, -0.25) is 24.0 Å². The van der Waals surface area contributed by atoms with Crippen LogP contribution in [0.4, 0.5) is 0 Å². The van der Waals surface area contributed by atoms with Crippen LogP contribution in [0.3, 0.4) is 0 Å². The van der Waals surface area contributed by atoms with E-state index in [4.69, 9.17) is 23.7 Å². The Bertz CT molecular complexity index is 1190. The van der Waals surface area contributed by atoms with Crippen LogP contribution in [-0.4, -0.2) is 91.6 Å². The molecule has 1 N–H and O–H groups in total. The molecule has 0 bridgehead atoms. The third-order valence-corrected chi connectivity index (χ3v) is 6.80. The number of esters is 3. The van der Waals surface area contributed by atoms with E-state index in [-0.39, 0.29) is 13.1 Å². The summed E-state index contributed by atoms with van der Waals surface area (Å²) in [7, 11) is 0. The van der Waals surface area contributed by atoms with Gasteiger partial charge in [0.1, 0.15) is 0 Å². The van der Waals surface area contributed by atoms with E-state index in [2.05, 4.69) is 5.32 Å². The maximum atomic E-state index is 13.6. The van der Waals surface area contributed by atoms with Crippen LogP contribution in [0.25, 0.3) is 5.57 Å². The van der Waals surface area contributed by atoms with E-state index in [1.165, 1.54) is 4.90 Å². The molecule has 0 radical (unpaired) electrons. The summed E-state index contributed by atoms with van der Waals surface area (Å²) >= 11 is 0. The minimum Gasteiger partial charge on any atom is -0.455 e. The molecule has 210 valence electrons. The van der Waals surface area contributed by atoms with Crippen LogP contribution in [-0.2, 0) is 54.1 Å². The lowest BCUT2D eigenvalue weighted by Crippen LogP contribution is -2.68. The van der Waals surface area contributed by atoms with Gasteiger partial charge in [-0.2, -0.15) is 0 Å². The topological polar surface area (TPSA) is 147 Å². The number of morpholine rings is 1. The fourth-order valence-electron chi connectivity index (χ4n) is 5.08. The lowest BCUT2D eigenvalue weighted by Gasteiger charge is -2.45. The van der Waals surface area contributed by atoms with Crippen LogP contribution in [0.2, 0.25) is 0 Å². The third-order valence-electron chi connectivity index (χ3n) is 6.80. The Morgan fingerprint density at radius 1 is 0.872 bits per heavy atom. The number of amides is 2. The standard InChI is InChI=1S/C27H32N2O10/c1-14-19-8-6-5-7-18(19)13-20(14)25(33)28-26-23(38-17(4)32)21(36-15(2)30)22(37-16(3)31)24(39-26)27(34)29-9-11-35-12-10-29/h5-8,21-24,26H,9-13H2,1-4H3,(H,28,33). The Labute approximate surface area is 225 Å². The molecule has 3 aliphatic rings. The molecule has 1 aromatic rings. The minimum atomic E-state index is -1.47. The van der Waals surface area contributed by atoms with Gasteiger partial charge in [-0.05, 0) is 23.6 Å². The Morgan fingerprint density at radius 3 is 2.08 bits per heavy atom. The molecule has 2 saturated heterocycles. The smallest absolute Gasteiger partial charge is 0.303 e. The van der Waals surface area contributed by atoms with Crippen LogP contribution >= 0.6 is 0 Å². The largest absolute Gasteiger partial charge is 0.455 e. The van der Waals surface area contributed by atoms with Crippen LogP contribution in [0.5, 0.6) is 0 Å². The van der Waals surface area contributed by atoms with Crippen molar-refractivity contribution in [1.29, 1.82) is 0 Å². The van der Waals surface area contributed by atoms with Gasteiger partial charge < -0.3 is 33.9 Å². The molecule has 5 unspecified atom stereocenters. The number of allylic oxidation sites excluding steroid dienone is 1. The van der Waals surface area contributed by atoms with Gasteiger partial charge in [-0.25, -0.2) is 0 Å². The molecule has 0 spiro atoms. The molecule has 2 aliphatic heterocycles. The number of rotatable bonds is 6. The van der Waals surface area contributed by atoms with Crippen LogP contribution in [0, 0.1) is 0 Å². The van der Waals surface area contributed by atoms with Gasteiger partial charge in [-0.1, -0.05) is 24.3 Å². The first-order valence-corrected chi connectivity index (χ1v) is 12.7. The van der Waals surface area contributed by atoms with Gasteiger partial charge in [0.15, 0.2) is 30.6 Å². The second kappa shape index (κ2) is 12.0. The lowest BCUT2D eigenvalue weighted by atomic mass is 9.95. The predicted molar refractivity (Wildman–Crippen MR) is 134 cm³/mol. The second-order valence-electron chi connectivity index (χ2n) is 9.55. The highest BCUT2D eigenvalue weighted by atomic mass is 16.7. The molecule has 2 amide bonds. The number of nitrogens with zero attached hydrogens (tertiary/aromatic N) is 1. The van der Waals surface area contributed by atoms with Gasteiger partial charge in [0.2, 0.25) is 5.91 Å². The third kappa shape index (κ3) is 6.28. The molecule has 0 saturated carbocycles. The highest BCUT2D eigenvalue weighted by molar-refractivity contribution is 6.03. The van der Waals surface area contributed by atoms with Crippen LogP contribution in [0.15, 0.2) is 29.8 Å². The number of hydrogen-bond donors (Lipinski definition) is 1. The maximum absolute atomic E-state index is 13.6. The minimum absolute atomic E-state index is 0.262. The van der Waals surface area contributed by atoms with Crippen molar-refractivity contribution in [3.63, 3.8) is 0 Å². The summed E-state index contributed by atoms with van der Waals surface area (Å²) in [5.41, 5.74) is 3.17. The molecular formula is C27H32N2O10. The number of fused-ring (bicyclic) bond motifs is 1. The summed E-state index contributed by atoms with van der Waals surface area (Å²) in [4.78, 5) is 64.8. The van der Waals surface area contributed by atoms with Crippen molar-refractivity contribution in [3.8, 4) is 0 Å². The van der Waals surface area contributed by atoms with E-state index in [0.29, 0.717) is 25.2 Å². The van der Waals surface area contributed by atoms with E-state index in [1.807, 2.05) is 31.2 Å². The molecule has 2 fully saturated rings. The molecular weight excluding hydrogens is 512 g/mol. The van der Waals surface area contributed by atoms with Crippen LogP contribution < -0.4 is 5.32 Å². The molecule has 2 heterocycles. The van der Waals surface area contributed by atoms with Crippen molar-refractivity contribution >= 4 is 35.3 Å². The van der Waals surface area contributed by atoms with Crippen molar-refractivity contribution in [2.45, 2.75) is 64.8 Å². The fraction of sp³-hybridized carbons (Fsp3) is 0.519. The second-order valence-corrected chi connectivity index (χ2v) is 9.55. The summed E-state index contributed by atoms with van der Waals surface area (Å²) in [5, 5.41) is 2.72. The fourth-order valence-corrected chi connectivity index (χ4v) is 5.08. The first kappa shape index (κ1) is 28.2. The van der Waals surface area contributed by atoms with Crippen molar-refractivity contribution in [2.24, 2.45) is 0 Å². The first-order valence-electron chi connectivity index (χ1n) is 12.7. The number of ether oxygens (including phenoxy) is 5. The summed E-state index contributed by atoms with van der Waals surface area (Å²) in [6.45, 7) is 6.34. The molecule has 5 atom stereocenters. The van der Waals surface area contributed by atoms with Crippen LogP contribution in [0.1, 0.15) is 38.8 Å². The summed E-state index contributed by atoms with van der Waals surface area (Å²) in [6.07, 6.45) is -6.81. The number of carbonyl (C=O) groups excluding carboxylic acids is 5. The Balaban J connectivity index is 1.69. The normalized spacial score (nSPS) is 26.4. The quantitative estimate of drug-likeness (QED) is 0.397. The Morgan fingerprint density at radius 2 is 1.46 bits per heavy atom. The van der Waals surface area contributed by atoms with Crippen molar-refractivity contribution in [2.75, 3.05) is 26.3 Å². The number of carbonyl (C=O) groups is 5. The van der Waals surface area contributed by atoms with Gasteiger partial charge in [0, 0.05) is 45.9 Å². The first-order chi connectivity index (χ1) is 18.6. The van der Waals surface area contributed by atoms with Gasteiger partial charge in [0.05, 0.1) is 13.2 Å². The zero-order valence-electron chi connectivity index (χ0n) is 22.3. The van der Waals surface area contributed by atoms with Gasteiger partial charge in [0.25, 0.3) is 5.91 Å². The van der Waals surface area contributed by atoms with E-state index in [0.717, 1.165) is 37.5 Å². The van der Waals surface area contributed by atoms with E-state index >= 15 is 0 Å². The molecule has 39 heavy (non-hydrogen) atoms. The number of hydrogen-bond acceptors (Lipinski definition) is 10. The SMILES string of the molecule is CC(=O)OC1C(NC(=O)C2=C(C)c3ccccc3C2)OC(C(=O)N2CCOCC2)C(OC(C)=O)C1OC(C)=O. The zero-order chi connectivity index (χ0) is 28.3. The Kier molecular flexibility index (Phi) is 8.66. The zero-order valence-corrected chi connectivity index (χ0v) is 22.3. The predicted octanol–water partition coefficient (Wildman–Crippen LogP) is 0.511. The molecule has 12 heteroatoms. The van der Waals surface area contributed by atoms with E-state index in [1.54, 1.807) is 0 Å². The molecule has 0 aromatic heterocycles. The monoisotopic (exact) mass is 544 g/mol. The number of benzene rings is 1. The van der Waals surface area contributed by atoms with Gasteiger partial charge >= 0.3 is 17.9 Å². The summed E-state index contributed by atoms with van der Waals surface area (Å²) in [5.74, 6) is -3.36. The number of nitrogens with one attached hydrogen (secondary N) is 1. The van der Waals surface area contributed by atoms with Crippen molar-refractivity contribution in [3.05, 3.63) is 41.0 Å². The highest BCUT2D eigenvalue weighted by Gasteiger charge is 2.55. The summed E-state index contributed by atoms with van der Waals surface area (Å²) in [6, 6.07) is 7.61. The molecule has 12 nitrogen and oxygen atoms in total. The van der Waals surface area contributed by atoms with Crippen molar-refractivity contribution < 1.29 is 47.7 Å². The molecule has 4 rings (SSSR count). The van der Waals surface area contributed by atoms with Crippen molar-refractivity contribution in [1.82, 2.24) is 10.2 Å². The van der Waals surface area contributed by atoms with Gasteiger partial charge in [-0.15, -0.1) is 0 Å². The van der Waals surface area contributed by atoms with E-state index in [9.17, 15) is 24.0 Å². The summed E-state index contributed by atoms with van der Waals surface area (Å²) < 4.78 is 27.7. The Hall–Kier alpha value is -3.77. The average molecular weight is 545 g/mol. The highest BCUT2D eigenvalue weighted by Crippen LogP contribution is 2.34. The molecule has 1 aliphatic carbocycles. The molecule has 1 aromatic carbocycles. The maximum Gasteiger partial charge on any atom is 0.303 e. The lowest BCUT2D eigenvalue weighted by molar-refractivity contribution is -0.250.